The molecule has 0 unspecified atom stereocenters. The van der Waals surface area contributed by atoms with E-state index in [1.807, 2.05) is 25.3 Å². The van der Waals surface area contributed by atoms with Gasteiger partial charge in [0.05, 0.1) is 13.7 Å². The van der Waals surface area contributed by atoms with E-state index in [9.17, 15) is 0 Å². The quantitative estimate of drug-likeness (QED) is 0.761. The van der Waals surface area contributed by atoms with Crippen molar-refractivity contribution in [3.63, 3.8) is 0 Å². The second-order valence-corrected chi connectivity index (χ2v) is 3.27. The lowest BCUT2D eigenvalue weighted by molar-refractivity contribution is 0.391. The Hall–Kier alpha value is -1.84. The van der Waals surface area contributed by atoms with E-state index in [-0.39, 0.29) is 0 Å². The summed E-state index contributed by atoms with van der Waals surface area (Å²) in [5.74, 6) is 1.66. The third-order valence-corrected chi connectivity index (χ3v) is 2.31. The second kappa shape index (κ2) is 4.13. The van der Waals surface area contributed by atoms with Crippen LogP contribution in [-0.2, 0) is 6.54 Å². The highest BCUT2D eigenvalue weighted by molar-refractivity contribution is 5.25. The topological polar surface area (TPSA) is 39.9 Å². The largest absolute Gasteiger partial charge is 0.481 e. The molecule has 2 aromatic rings. The average Bonchev–Trinajstić information content (AvgIpc) is 2.65. The first kappa shape index (κ1) is 9.71. The predicted molar refractivity (Wildman–Crippen MR) is 56.9 cm³/mol. The van der Waals surface area contributed by atoms with Gasteiger partial charge in [0.15, 0.2) is 0 Å². The first-order chi connectivity index (χ1) is 7.31. The van der Waals surface area contributed by atoms with E-state index in [1.165, 1.54) is 0 Å². The lowest BCUT2D eigenvalue weighted by atomic mass is 10.2. The van der Waals surface area contributed by atoms with Gasteiger partial charge in [-0.05, 0) is 13.0 Å². The lowest BCUT2D eigenvalue weighted by Crippen LogP contribution is -2.03. The molecule has 4 nitrogen and oxygen atoms in total. The van der Waals surface area contributed by atoms with Crippen molar-refractivity contribution in [1.82, 2.24) is 14.5 Å². The van der Waals surface area contributed by atoms with Crippen LogP contribution in [0.1, 0.15) is 11.4 Å². The molecular formula is C11H13N3O. The molecule has 2 heterocycles. The Morgan fingerprint density at radius 3 is 2.87 bits per heavy atom. The van der Waals surface area contributed by atoms with E-state index in [0.717, 1.165) is 17.9 Å². The maximum atomic E-state index is 5.19. The van der Waals surface area contributed by atoms with Crippen molar-refractivity contribution in [3.05, 3.63) is 42.1 Å². The third kappa shape index (κ3) is 1.98. The zero-order valence-corrected chi connectivity index (χ0v) is 8.84. The molecule has 0 amide bonds. The molecule has 2 aromatic heterocycles. The summed E-state index contributed by atoms with van der Waals surface area (Å²) in [4.78, 5) is 8.32. The average molecular weight is 203 g/mol. The maximum Gasteiger partial charge on any atom is 0.218 e. The number of hydrogen-bond acceptors (Lipinski definition) is 3. The molecule has 0 aliphatic carbocycles. The van der Waals surface area contributed by atoms with E-state index in [0.29, 0.717) is 5.88 Å². The van der Waals surface area contributed by atoms with Gasteiger partial charge in [-0.25, -0.2) is 9.97 Å². The highest BCUT2D eigenvalue weighted by atomic mass is 16.5. The maximum absolute atomic E-state index is 5.19. The van der Waals surface area contributed by atoms with Gasteiger partial charge in [0.25, 0.3) is 0 Å². The molecule has 0 radical (unpaired) electrons. The summed E-state index contributed by atoms with van der Waals surface area (Å²) in [6, 6.07) is 3.91. The van der Waals surface area contributed by atoms with E-state index in [1.54, 1.807) is 19.5 Å². The molecule has 2 rings (SSSR count). The van der Waals surface area contributed by atoms with Crippen LogP contribution < -0.4 is 4.74 Å². The van der Waals surface area contributed by atoms with Crippen molar-refractivity contribution in [2.45, 2.75) is 13.5 Å². The Labute approximate surface area is 88.6 Å². The summed E-state index contributed by atoms with van der Waals surface area (Å²) >= 11 is 0. The van der Waals surface area contributed by atoms with Crippen molar-refractivity contribution in [3.8, 4) is 5.88 Å². The van der Waals surface area contributed by atoms with Crippen LogP contribution in [0.4, 0.5) is 0 Å². The van der Waals surface area contributed by atoms with Gasteiger partial charge in [-0.1, -0.05) is 6.07 Å². The summed E-state index contributed by atoms with van der Waals surface area (Å²) in [6.07, 6.45) is 5.46. The highest BCUT2D eigenvalue weighted by Gasteiger charge is 2.04. The Morgan fingerprint density at radius 2 is 2.20 bits per heavy atom. The summed E-state index contributed by atoms with van der Waals surface area (Å²) in [5.41, 5.74) is 1.06. The molecule has 0 fully saturated rings. The van der Waals surface area contributed by atoms with E-state index in [4.69, 9.17) is 4.74 Å². The van der Waals surface area contributed by atoms with Crippen LogP contribution in [0.5, 0.6) is 5.88 Å². The first-order valence-electron chi connectivity index (χ1n) is 4.77. The molecule has 0 saturated heterocycles. The van der Waals surface area contributed by atoms with Crippen molar-refractivity contribution in [1.29, 1.82) is 0 Å². The fraction of sp³-hybridized carbons (Fsp3) is 0.273. The normalized spacial score (nSPS) is 10.3. The number of rotatable bonds is 3. The van der Waals surface area contributed by atoms with Crippen molar-refractivity contribution in [2.75, 3.05) is 7.11 Å². The van der Waals surface area contributed by atoms with Gasteiger partial charge >= 0.3 is 0 Å². The number of aromatic nitrogens is 3. The van der Waals surface area contributed by atoms with Gasteiger partial charge < -0.3 is 9.30 Å². The van der Waals surface area contributed by atoms with Crippen LogP contribution in [0.3, 0.4) is 0 Å². The van der Waals surface area contributed by atoms with Crippen LogP contribution in [0.25, 0.3) is 0 Å². The van der Waals surface area contributed by atoms with Gasteiger partial charge in [0.2, 0.25) is 5.88 Å². The van der Waals surface area contributed by atoms with Gasteiger partial charge in [-0.3, -0.25) is 0 Å². The Morgan fingerprint density at radius 1 is 1.33 bits per heavy atom. The number of hydrogen-bond donors (Lipinski definition) is 0. The van der Waals surface area contributed by atoms with Crippen LogP contribution in [0.2, 0.25) is 0 Å². The first-order valence-corrected chi connectivity index (χ1v) is 4.77. The molecule has 4 heteroatoms. The van der Waals surface area contributed by atoms with Crippen molar-refractivity contribution in [2.24, 2.45) is 0 Å². The minimum Gasteiger partial charge on any atom is -0.481 e. The fourth-order valence-corrected chi connectivity index (χ4v) is 1.48. The van der Waals surface area contributed by atoms with E-state index < -0.39 is 0 Å². The minimum atomic E-state index is 0.672. The summed E-state index contributed by atoms with van der Waals surface area (Å²) in [5, 5.41) is 0. The van der Waals surface area contributed by atoms with Gasteiger partial charge in [0.1, 0.15) is 5.82 Å². The van der Waals surface area contributed by atoms with Crippen molar-refractivity contribution >= 4 is 0 Å². The molecule has 0 bridgehead atoms. The number of ether oxygens (including phenoxy) is 1. The predicted octanol–water partition coefficient (Wildman–Crippen LogP) is 1.64. The number of pyridine rings is 1. The van der Waals surface area contributed by atoms with Crippen LogP contribution in [0.15, 0.2) is 30.7 Å². The van der Waals surface area contributed by atoms with Crippen LogP contribution in [-0.4, -0.2) is 21.6 Å². The van der Waals surface area contributed by atoms with Crippen LogP contribution in [0, 0.1) is 6.92 Å². The molecule has 0 aliphatic heterocycles. The molecule has 0 spiro atoms. The second-order valence-electron chi connectivity index (χ2n) is 3.27. The molecular weight excluding hydrogens is 190 g/mol. The number of imidazole rings is 1. The molecule has 0 N–H and O–H groups in total. The molecule has 0 aliphatic rings. The summed E-state index contributed by atoms with van der Waals surface area (Å²) < 4.78 is 7.24. The molecule has 0 aromatic carbocycles. The summed E-state index contributed by atoms with van der Waals surface area (Å²) in [7, 11) is 1.63. The Kier molecular flexibility index (Phi) is 2.67. The van der Waals surface area contributed by atoms with Gasteiger partial charge in [-0.15, -0.1) is 0 Å². The number of aryl methyl sites for hydroxylation is 1. The molecule has 78 valence electrons. The van der Waals surface area contributed by atoms with Gasteiger partial charge in [0, 0.05) is 24.2 Å². The lowest BCUT2D eigenvalue weighted by Gasteiger charge is -2.08. The Bertz CT molecular complexity index is 451. The van der Waals surface area contributed by atoms with Gasteiger partial charge in [-0.2, -0.15) is 0 Å². The smallest absolute Gasteiger partial charge is 0.218 e. The zero-order valence-electron chi connectivity index (χ0n) is 8.84. The SMILES string of the molecule is COc1ncccc1Cn1ccnc1C. The number of nitrogens with zero attached hydrogens (tertiary/aromatic N) is 3. The van der Waals surface area contributed by atoms with E-state index >= 15 is 0 Å². The molecule has 15 heavy (non-hydrogen) atoms. The standard InChI is InChI=1S/C11H13N3O/c1-9-12-6-7-14(9)8-10-4-3-5-13-11(10)15-2/h3-7H,8H2,1-2H3. The van der Waals surface area contributed by atoms with Crippen molar-refractivity contribution < 1.29 is 4.74 Å². The fourth-order valence-electron chi connectivity index (χ4n) is 1.48. The van der Waals surface area contributed by atoms with Crippen LogP contribution >= 0.6 is 0 Å². The molecule has 0 atom stereocenters. The highest BCUT2D eigenvalue weighted by Crippen LogP contribution is 2.15. The monoisotopic (exact) mass is 203 g/mol. The zero-order chi connectivity index (χ0) is 10.7. The minimum absolute atomic E-state index is 0.672. The molecule has 0 saturated carbocycles. The summed E-state index contributed by atoms with van der Waals surface area (Å²) in [6.45, 7) is 2.71. The third-order valence-electron chi connectivity index (χ3n) is 2.31. The Balaban J connectivity index is 2.28. The van der Waals surface area contributed by atoms with E-state index in [2.05, 4.69) is 14.5 Å². The number of methoxy groups -OCH3 is 1.